The molecule has 112 valence electrons. The van der Waals surface area contributed by atoms with Crippen molar-refractivity contribution in [3.05, 3.63) is 78.4 Å². The van der Waals surface area contributed by atoms with Gasteiger partial charge in [0.15, 0.2) is 0 Å². The minimum atomic E-state index is -0.589. The molecule has 0 unspecified atom stereocenters. The maximum Gasteiger partial charge on any atom is 0.304 e. The summed E-state index contributed by atoms with van der Waals surface area (Å²) in [6.45, 7) is 9.65. The van der Waals surface area contributed by atoms with Crippen molar-refractivity contribution in [2.45, 2.75) is 13.8 Å². The molecule has 0 N–H and O–H groups in total. The highest BCUT2D eigenvalue weighted by molar-refractivity contribution is 6.17. The highest BCUT2D eigenvalue weighted by Crippen LogP contribution is 2.20. The van der Waals surface area contributed by atoms with E-state index in [0.717, 1.165) is 18.8 Å². The zero-order valence-corrected chi connectivity index (χ0v) is 14.3. The monoisotopic (exact) mass is 300 g/mol. The van der Waals surface area contributed by atoms with E-state index in [0.29, 0.717) is 0 Å². The van der Waals surface area contributed by atoms with Crippen LogP contribution < -0.4 is 0 Å². The van der Waals surface area contributed by atoms with Crippen LogP contribution in [0.5, 0.6) is 0 Å². The summed E-state index contributed by atoms with van der Waals surface area (Å²) in [6, 6.07) is 20.5. The van der Waals surface area contributed by atoms with Gasteiger partial charge in [-0.15, -0.1) is 0 Å². The topological polar surface area (TPSA) is 18.5 Å². The van der Waals surface area contributed by atoms with Crippen molar-refractivity contribution < 1.29 is 8.85 Å². The first-order valence-corrected chi connectivity index (χ1v) is 8.40. The average Bonchev–Trinajstić information content (AvgIpc) is 2.57. The highest BCUT2D eigenvalue weighted by atomic mass is 28.3. The van der Waals surface area contributed by atoms with Gasteiger partial charge >= 0.3 is 10.0 Å². The molecule has 0 saturated carbocycles. The molecule has 0 aliphatic carbocycles. The number of hydrogen-bond donors (Lipinski definition) is 0. The third-order valence-corrected chi connectivity index (χ3v) is 3.97. The van der Waals surface area contributed by atoms with E-state index in [-0.39, 0.29) is 0 Å². The molecule has 0 heterocycles. The van der Waals surface area contributed by atoms with E-state index in [1.54, 1.807) is 0 Å². The molecular formula is C18H24O2Si. The molecule has 0 saturated heterocycles. The van der Waals surface area contributed by atoms with E-state index in [2.05, 4.69) is 30.8 Å². The fourth-order valence-corrected chi connectivity index (χ4v) is 2.12. The van der Waals surface area contributed by atoms with Crippen LogP contribution in [0.25, 0.3) is 5.57 Å². The average molecular weight is 300 g/mol. The van der Waals surface area contributed by atoms with Crippen molar-refractivity contribution in [1.82, 2.24) is 0 Å². The molecule has 2 aromatic carbocycles. The van der Waals surface area contributed by atoms with Crippen LogP contribution >= 0.6 is 0 Å². The predicted molar refractivity (Wildman–Crippen MR) is 92.8 cm³/mol. The lowest BCUT2D eigenvalue weighted by Gasteiger charge is -2.04. The Balaban J connectivity index is 0.000000270. The standard InChI is InChI=1S/C14H12.C4H12O2Si/c1-12(13-8-4-2-5-9-13)14-10-6-3-7-11-14;1-3-5-7-6-4-2/h2-11H,1H2;3-4,7H2,1-2H3. The molecule has 0 fully saturated rings. The molecule has 2 nitrogen and oxygen atoms in total. The highest BCUT2D eigenvalue weighted by Gasteiger charge is 1.99. The number of rotatable bonds is 6. The molecule has 0 amide bonds. The van der Waals surface area contributed by atoms with E-state index in [1.807, 2.05) is 50.2 Å². The van der Waals surface area contributed by atoms with E-state index < -0.39 is 10.0 Å². The van der Waals surface area contributed by atoms with Gasteiger partial charge in [-0.05, 0) is 30.5 Å². The second-order valence-electron chi connectivity index (χ2n) is 4.31. The summed E-state index contributed by atoms with van der Waals surface area (Å²) in [5.41, 5.74) is 3.43. The van der Waals surface area contributed by atoms with Gasteiger partial charge in [0.05, 0.1) is 0 Å². The Bertz CT molecular complexity index is 452. The van der Waals surface area contributed by atoms with Gasteiger partial charge in [0, 0.05) is 13.2 Å². The van der Waals surface area contributed by atoms with Gasteiger partial charge in [-0.1, -0.05) is 67.2 Å². The Labute approximate surface area is 130 Å². The van der Waals surface area contributed by atoms with Crippen molar-refractivity contribution in [3.8, 4) is 0 Å². The first-order valence-electron chi connectivity index (χ1n) is 7.24. The molecule has 0 aromatic heterocycles. The van der Waals surface area contributed by atoms with Crippen molar-refractivity contribution in [2.75, 3.05) is 13.2 Å². The first kappa shape index (κ1) is 17.4. The number of benzene rings is 2. The van der Waals surface area contributed by atoms with Crippen LogP contribution in [0, 0.1) is 0 Å². The molecule has 21 heavy (non-hydrogen) atoms. The molecule has 0 aliphatic rings. The Morgan fingerprint density at radius 2 is 1.19 bits per heavy atom. The summed E-state index contributed by atoms with van der Waals surface area (Å²) < 4.78 is 9.98. The lowest BCUT2D eigenvalue weighted by atomic mass is 10.0. The number of hydrogen-bond acceptors (Lipinski definition) is 2. The van der Waals surface area contributed by atoms with Crippen molar-refractivity contribution >= 4 is 15.6 Å². The second kappa shape index (κ2) is 11.0. The third kappa shape index (κ3) is 7.04. The third-order valence-electron chi connectivity index (χ3n) is 2.82. The summed E-state index contributed by atoms with van der Waals surface area (Å²) in [6.07, 6.45) is 0. The lowest BCUT2D eigenvalue weighted by molar-refractivity contribution is 0.240. The molecule has 0 atom stereocenters. The van der Waals surface area contributed by atoms with Crippen LogP contribution in [-0.4, -0.2) is 23.2 Å². The van der Waals surface area contributed by atoms with Crippen LogP contribution in [0.2, 0.25) is 0 Å². The Kier molecular flexibility index (Phi) is 9.12. The van der Waals surface area contributed by atoms with E-state index >= 15 is 0 Å². The molecule has 2 rings (SSSR count). The van der Waals surface area contributed by atoms with Crippen LogP contribution in [0.4, 0.5) is 0 Å². The maximum atomic E-state index is 4.99. The fourth-order valence-electron chi connectivity index (χ4n) is 1.67. The first-order chi connectivity index (χ1) is 10.3. The molecule has 2 aromatic rings. The van der Waals surface area contributed by atoms with Crippen molar-refractivity contribution in [2.24, 2.45) is 0 Å². The van der Waals surface area contributed by atoms with E-state index in [9.17, 15) is 0 Å². The summed E-state index contributed by atoms with van der Waals surface area (Å²) in [4.78, 5) is 0. The normalized spacial score (nSPS) is 9.62. The van der Waals surface area contributed by atoms with Gasteiger partial charge in [0.2, 0.25) is 0 Å². The summed E-state index contributed by atoms with van der Waals surface area (Å²) >= 11 is 0. The Morgan fingerprint density at radius 3 is 1.52 bits per heavy atom. The zero-order valence-electron chi connectivity index (χ0n) is 12.9. The maximum absolute atomic E-state index is 4.99. The van der Waals surface area contributed by atoms with Gasteiger partial charge < -0.3 is 8.85 Å². The SMILES string of the molecule is C=C(c1ccccc1)c1ccccc1.CCO[SiH2]OCC. The van der Waals surface area contributed by atoms with Crippen LogP contribution in [-0.2, 0) is 8.85 Å². The quantitative estimate of drug-likeness (QED) is 0.596. The summed E-state index contributed by atoms with van der Waals surface area (Å²) in [5, 5.41) is 0. The minimum absolute atomic E-state index is 0.589. The van der Waals surface area contributed by atoms with Gasteiger partial charge in [-0.2, -0.15) is 0 Å². The van der Waals surface area contributed by atoms with Crippen LogP contribution in [0.15, 0.2) is 67.2 Å². The van der Waals surface area contributed by atoms with Gasteiger partial charge in [0.25, 0.3) is 0 Å². The van der Waals surface area contributed by atoms with Gasteiger partial charge in [-0.3, -0.25) is 0 Å². The molecule has 3 heteroatoms. The molecule has 0 spiro atoms. The van der Waals surface area contributed by atoms with Gasteiger partial charge in [-0.25, -0.2) is 0 Å². The summed E-state index contributed by atoms with van der Waals surface area (Å²) in [5.74, 6) is 0. The summed E-state index contributed by atoms with van der Waals surface area (Å²) in [7, 11) is -0.589. The minimum Gasteiger partial charge on any atom is -0.399 e. The van der Waals surface area contributed by atoms with E-state index in [4.69, 9.17) is 8.85 Å². The van der Waals surface area contributed by atoms with Crippen molar-refractivity contribution in [3.63, 3.8) is 0 Å². The molecule has 0 aliphatic heterocycles. The van der Waals surface area contributed by atoms with E-state index in [1.165, 1.54) is 11.1 Å². The van der Waals surface area contributed by atoms with Crippen molar-refractivity contribution in [1.29, 1.82) is 0 Å². The second-order valence-corrected chi connectivity index (χ2v) is 5.37. The predicted octanol–water partition coefficient (Wildman–Crippen LogP) is 3.81. The van der Waals surface area contributed by atoms with Crippen LogP contribution in [0.1, 0.15) is 25.0 Å². The Morgan fingerprint density at radius 1 is 0.810 bits per heavy atom. The van der Waals surface area contributed by atoms with Gasteiger partial charge in [0.1, 0.15) is 0 Å². The Hall–Kier alpha value is -1.68. The van der Waals surface area contributed by atoms with Crippen LogP contribution in [0.3, 0.4) is 0 Å². The lowest BCUT2D eigenvalue weighted by Crippen LogP contribution is -2.02. The molecular weight excluding hydrogens is 276 g/mol. The molecule has 0 bridgehead atoms. The fraction of sp³-hybridized carbons (Fsp3) is 0.222. The molecule has 0 radical (unpaired) electrons. The smallest absolute Gasteiger partial charge is 0.304 e. The zero-order chi connectivity index (χ0) is 15.3. The largest absolute Gasteiger partial charge is 0.399 e.